The number of anilines is 1. The van der Waals surface area contributed by atoms with Crippen LogP contribution < -0.4 is 4.90 Å². The Morgan fingerprint density at radius 1 is 1.32 bits per heavy atom. The van der Waals surface area contributed by atoms with Gasteiger partial charge in [0.15, 0.2) is 0 Å². The van der Waals surface area contributed by atoms with Gasteiger partial charge in [0, 0.05) is 38.7 Å². The van der Waals surface area contributed by atoms with Crippen LogP contribution in [0.4, 0.5) is 5.13 Å². The van der Waals surface area contributed by atoms with Crippen molar-refractivity contribution in [3.8, 4) is 5.75 Å². The normalized spacial score (nSPS) is 10.6. The van der Waals surface area contributed by atoms with E-state index in [9.17, 15) is 5.11 Å². The Bertz CT molecular complexity index is 513. The molecule has 1 aromatic heterocycles. The predicted molar refractivity (Wildman–Crippen MR) is 75.7 cm³/mol. The second kappa shape index (κ2) is 6.49. The third-order valence-corrected chi connectivity index (χ3v) is 3.54. The lowest BCUT2D eigenvalue weighted by molar-refractivity contribution is 0.201. The number of rotatable bonds is 6. The molecular formula is C13H17N3O2S. The molecule has 0 atom stereocenters. The average Bonchev–Trinajstić information content (AvgIpc) is 2.88. The number of methoxy groups -OCH3 is 1. The van der Waals surface area contributed by atoms with Crippen molar-refractivity contribution in [2.24, 2.45) is 0 Å². The molecule has 0 amide bonds. The number of benzene rings is 1. The average molecular weight is 279 g/mol. The number of hydrogen-bond donors (Lipinski definition) is 1. The number of nitrogens with zero attached hydrogens (tertiary/aromatic N) is 3. The highest BCUT2D eigenvalue weighted by Gasteiger charge is 2.09. The molecule has 0 unspecified atom stereocenters. The molecule has 0 fully saturated rings. The summed E-state index contributed by atoms with van der Waals surface area (Å²) in [4.78, 5) is 6.51. The molecule has 1 heterocycles. The fourth-order valence-electron chi connectivity index (χ4n) is 1.64. The quantitative estimate of drug-likeness (QED) is 0.877. The monoisotopic (exact) mass is 279 g/mol. The summed E-state index contributed by atoms with van der Waals surface area (Å²) < 4.78 is 9.31. The molecule has 2 rings (SSSR count). The largest absolute Gasteiger partial charge is 0.508 e. The van der Waals surface area contributed by atoms with Crippen LogP contribution in [0.15, 0.2) is 24.3 Å². The van der Waals surface area contributed by atoms with Crippen LogP contribution in [0.1, 0.15) is 11.4 Å². The van der Waals surface area contributed by atoms with Gasteiger partial charge in [0.05, 0.1) is 6.61 Å². The molecule has 0 aliphatic heterocycles. The predicted octanol–water partition coefficient (Wildman–Crippen LogP) is 2.07. The summed E-state index contributed by atoms with van der Waals surface area (Å²) in [5.74, 6) is 1.10. The fourth-order valence-corrected chi connectivity index (χ4v) is 2.31. The van der Waals surface area contributed by atoms with E-state index in [2.05, 4.69) is 9.36 Å². The molecule has 0 radical (unpaired) electrons. The van der Waals surface area contributed by atoms with E-state index in [0.717, 1.165) is 29.5 Å². The Hall–Kier alpha value is -1.66. The van der Waals surface area contributed by atoms with Gasteiger partial charge in [0.2, 0.25) is 5.13 Å². The van der Waals surface area contributed by atoms with E-state index in [0.29, 0.717) is 6.61 Å². The van der Waals surface area contributed by atoms with Crippen molar-refractivity contribution in [2.75, 3.05) is 25.7 Å². The van der Waals surface area contributed by atoms with Crippen LogP contribution in [0.5, 0.6) is 5.75 Å². The molecule has 6 heteroatoms. The number of phenolic OH excluding ortho intramolecular Hbond substituents is 1. The van der Waals surface area contributed by atoms with Gasteiger partial charge >= 0.3 is 0 Å². The zero-order valence-corrected chi connectivity index (χ0v) is 11.9. The van der Waals surface area contributed by atoms with Gasteiger partial charge in [-0.15, -0.1) is 0 Å². The molecule has 5 nitrogen and oxygen atoms in total. The summed E-state index contributed by atoms with van der Waals surface area (Å²) in [5.41, 5.74) is 1.12. The van der Waals surface area contributed by atoms with Crippen molar-refractivity contribution in [1.29, 1.82) is 0 Å². The van der Waals surface area contributed by atoms with Crippen LogP contribution in [0.2, 0.25) is 0 Å². The minimum absolute atomic E-state index is 0.282. The van der Waals surface area contributed by atoms with Crippen molar-refractivity contribution in [3.63, 3.8) is 0 Å². The van der Waals surface area contributed by atoms with Crippen LogP contribution in [-0.4, -0.2) is 35.2 Å². The Labute approximate surface area is 116 Å². The smallest absolute Gasteiger partial charge is 0.205 e. The van der Waals surface area contributed by atoms with Crippen molar-refractivity contribution < 1.29 is 9.84 Å². The van der Waals surface area contributed by atoms with Gasteiger partial charge in [0.25, 0.3) is 0 Å². The van der Waals surface area contributed by atoms with Crippen molar-refractivity contribution >= 4 is 16.7 Å². The summed E-state index contributed by atoms with van der Waals surface area (Å²) in [6.45, 7) is 1.37. The zero-order chi connectivity index (χ0) is 13.7. The van der Waals surface area contributed by atoms with Crippen molar-refractivity contribution in [1.82, 2.24) is 9.36 Å². The maximum atomic E-state index is 9.25. The van der Waals surface area contributed by atoms with Gasteiger partial charge in [-0.05, 0) is 17.7 Å². The number of aromatic nitrogens is 2. The van der Waals surface area contributed by atoms with E-state index in [1.54, 1.807) is 19.2 Å². The minimum Gasteiger partial charge on any atom is -0.508 e. The van der Waals surface area contributed by atoms with Crippen LogP contribution in [0.3, 0.4) is 0 Å². The first-order chi connectivity index (χ1) is 9.19. The van der Waals surface area contributed by atoms with E-state index in [4.69, 9.17) is 4.74 Å². The highest BCUT2D eigenvalue weighted by Crippen LogP contribution is 2.19. The van der Waals surface area contributed by atoms with Gasteiger partial charge in [-0.25, -0.2) is 4.98 Å². The van der Waals surface area contributed by atoms with Crippen molar-refractivity contribution in [3.05, 3.63) is 35.7 Å². The molecular weight excluding hydrogens is 262 g/mol. The number of hydrogen-bond acceptors (Lipinski definition) is 6. The second-order valence-electron chi connectivity index (χ2n) is 4.26. The molecule has 0 aliphatic carbocycles. The fraction of sp³-hybridized carbons (Fsp3) is 0.385. The second-order valence-corrected chi connectivity index (χ2v) is 4.99. The Morgan fingerprint density at radius 2 is 2.05 bits per heavy atom. The first kappa shape index (κ1) is 13.8. The highest BCUT2D eigenvalue weighted by molar-refractivity contribution is 7.09. The highest BCUT2D eigenvalue weighted by atomic mass is 32.1. The summed E-state index contributed by atoms with van der Waals surface area (Å²) in [5, 5.41) is 10.1. The molecule has 0 bridgehead atoms. The van der Waals surface area contributed by atoms with Gasteiger partial charge in [-0.2, -0.15) is 4.37 Å². The Morgan fingerprint density at radius 3 is 2.74 bits per heavy atom. The lowest BCUT2D eigenvalue weighted by Gasteiger charge is -2.14. The third kappa shape index (κ3) is 3.90. The van der Waals surface area contributed by atoms with E-state index >= 15 is 0 Å². The molecule has 1 aromatic carbocycles. The molecule has 2 aromatic rings. The maximum absolute atomic E-state index is 9.25. The Kier molecular flexibility index (Phi) is 4.70. The van der Waals surface area contributed by atoms with Crippen LogP contribution in [-0.2, 0) is 17.7 Å². The van der Waals surface area contributed by atoms with Crippen LogP contribution in [0.25, 0.3) is 0 Å². The molecule has 19 heavy (non-hydrogen) atoms. The standard InChI is InChI=1S/C13H17N3O2S/c1-16(9-10-3-5-11(17)6-4-10)13-14-12(15-19-13)7-8-18-2/h3-6,17H,7-9H2,1-2H3. The minimum atomic E-state index is 0.282. The zero-order valence-electron chi connectivity index (χ0n) is 11.0. The van der Waals surface area contributed by atoms with Crippen LogP contribution in [0, 0.1) is 0 Å². The lowest BCUT2D eigenvalue weighted by atomic mass is 10.2. The number of aromatic hydroxyl groups is 1. The first-order valence-corrected chi connectivity index (χ1v) is 6.77. The van der Waals surface area contributed by atoms with Crippen molar-refractivity contribution in [2.45, 2.75) is 13.0 Å². The SMILES string of the molecule is COCCc1nsc(N(C)Cc2ccc(O)cc2)n1. The van der Waals surface area contributed by atoms with E-state index in [-0.39, 0.29) is 5.75 Å². The van der Waals surface area contributed by atoms with E-state index in [1.165, 1.54) is 11.5 Å². The molecule has 0 saturated carbocycles. The molecule has 1 N–H and O–H groups in total. The van der Waals surface area contributed by atoms with Crippen LogP contribution >= 0.6 is 11.5 Å². The first-order valence-electron chi connectivity index (χ1n) is 5.99. The lowest BCUT2D eigenvalue weighted by Crippen LogP contribution is -2.16. The molecule has 102 valence electrons. The Balaban J connectivity index is 1.97. The maximum Gasteiger partial charge on any atom is 0.205 e. The van der Waals surface area contributed by atoms with E-state index in [1.807, 2.05) is 24.1 Å². The molecule has 0 saturated heterocycles. The van der Waals surface area contributed by atoms with Gasteiger partial charge in [-0.3, -0.25) is 0 Å². The number of ether oxygens (including phenoxy) is 1. The summed E-state index contributed by atoms with van der Waals surface area (Å²) in [6, 6.07) is 7.18. The molecule has 0 spiro atoms. The summed E-state index contributed by atoms with van der Waals surface area (Å²) in [6.07, 6.45) is 0.736. The van der Waals surface area contributed by atoms with Gasteiger partial charge in [-0.1, -0.05) is 12.1 Å². The summed E-state index contributed by atoms with van der Waals surface area (Å²) in [7, 11) is 3.65. The molecule has 0 aliphatic rings. The van der Waals surface area contributed by atoms with E-state index < -0.39 is 0 Å². The summed E-state index contributed by atoms with van der Waals surface area (Å²) >= 11 is 1.39. The van der Waals surface area contributed by atoms with Gasteiger partial charge in [0.1, 0.15) is 11.6 Å². The number of phenols is 1. The topological polar surface area (TPSA) is 58.5 Å². The van der Waals surface area contributed by atoms with Gasteiger partial charge < -0.3 is 14.7 Å². The third-order valence-electron chi connectivity index (χ3n) is 2.67.